The van der Waals surface area contributed by atoms with Crippen molar-refractivity contribution in [3.05, 3.63) is 46.6 Å². The summed E-state index contributed by atoms with van der Waals surface area (Å²) < 4.78 is 32.9. The van der Waals surface area contributed by atoms with Crippen molar-refractivity contribution in [2.45, 2.75) is 0 Å². The van der Waals surface area contributed by atoms with Gasteiger partial charge in [0.25, 0.3) is 0 Å². The first-order chi connectivity index (χ1) is 11.1. The quantitative estimate of drug-likeness (QED) is 0.683. The molecule has 0 spiro atoms. The van der Waals surface area contributed by atoms with E-state index in [0.29, 0.717) is 5.56 Å². The van der Waals surface area contributed by atoms with Crippen LogP contribution in [-0.4, -0.2) is 5.11 Å². The fourth-order valence-electron chi connectivity index (χ4n) is 2.70. The molecule has 1 atom stereocenters. The topological polar surface area (TPSA) is 95.2 Å². The van der Waals surface area contributed by atoms with Crippen LogP contribution in [-0.2, 0) is 4.57 Å². The van der Waals surface area contributed by atoms with Crippen molar-refractivity contribution in [3.8, 4) is 34.3 Å². The van der Waals surface area contributed by atoms with Gasteiger partial charge in [-0.1, -0.05) is 30.3 Å². The minimum absolute atomic E-state index is 0.0178. The highest BCUT2D eigenvalue weighted by atomic mass is 31.2. The van der Waals surface area contributed by atoms with Gasteiger partial charge in [-0.3, -0.25) is 4.79 Å². The average molecular weight is 330 g/mol. The molecule has 0 fully saturated rings. The molecular formula is C15H7O7P. The lowest BCUT2D eigenvalue weighted by Crippen LogP contribution is -2.06. The standard InChI is InChI=1S/C15H7O7P/c16-11-10-8(6-9-14-15(10)22-23(18,20-9)21-14)19-13(12(11)17)7-4-2-1-3-5-7/h1-6,17H. The van der Waals surface area contributed by atoms with E-state index < -0.39 is 19.0 Å². The summed E-state index contributed by atoms with van der Waals surface area (Å²) in [6.45, 7) is 0. The van der Waals surface area contributed by atoms with E-state index in [1.807, 2.05) is 0 Å². The van der Waals surface area contributed by atoms with Crippen LogP contribution in [0.15, 0.2) is 45.6 Å². The number of aromatic hydroxyl groups is 1. The van der Waals surface area contributed by atoms with Crippen molar-refractivity contribution < 1.29 is 27.7 Å². The molecule has 0 aliphatic carbocycles. The summed E-state index contributed by atoms with van der Waals surface area (Å²) >= 11 is 0. The predicted octanol–water partition coefficient (Wildman–Crippen LogP) is 3.44. The zero-order chi connectivity index (χ0) is 15.8. The Labute approximate surface area is 128 Å². The van der Waals surface area contributed by atoms with Crippen molar-refractivity contribution in [2.24, 2.45) is 0 Å². The molecule has 3 heterocycles. The highest BCUT2D eigenvalue weighted by Gasteiger charge is 2.51. The van der Waals surface area contributed by atoms with Crippen LogP contribution in [0, 0.1) is 0 Å². The highest BCUT2D eigenvalue weighted by molar-refractivity contribution is 7.50. The summed E-state index contributed by atoms with van der Waals surface area (Å²) in [4.78, 5) is 12.5. The third-order valence-corrected chi connectivity index (χ3v) is 4.92. The molecule has 7 nitrogen and oxygen atoms in total. The first-order valence-electron chi connectivity index (χ1n) is 6.67. The van der Waals surface area contributed by atoms with Crippen molar-refractivity contribution in [3.63, 3.8) is 0 Å². The van der Waals surface area contributed by atoms with Gasteiger partial charge >= 0.3 is 7.82 Å². The molecule has 1 unspecified atom stereocenters. The summed E-state index contributed by atoms with van der Waals surface area (Å²) in [5.74, 6) is -0.243. The van der Waals surface area contributed by atoms with E-state index in [1.54, 1.807) is 30.3 Å². The van der Waals surface area contributed by atoms with Gasteiger partial charge in [-0.15, -0.1) is 0 Å². The summed E-state index contributed by atoms with van der Waals surface area (Å²) in [5, 5.41) is 10.2. The molecule has 3 aromatic rings. The van der Waals surface area contributed by atoms with Gasteiger partial charge in [0, 0.05) is 11.6 Å². The van der Waals surface area contributed by atoms with Crippen molar-refractivity contribution in [1.29, 1.82) is 0 Å². The van der Waals surface area contributed by atoms with Crippen molar-refractivity contribution >= 4 is 18.8 Å². The number of hydrogen-bond donors (Lipinski definition) is 1. The van der Waals surface area contributed by atoms with E-state index in [2.05, 4.69) is 0 Å². The number of hydrogen-bond acceptors (Lipinski definition) is 7. The number of rotatable bonds is 1. The second-order valence-corrected chi connectivity index (χ2v) is 6.54. The smallest absolute Gasteiger partial charge is 0.502 e. The zero-order valence-electron chi connectivity index (χ0n) is 11.3. The maximum atomic E-state index is 12.5. The third kappa shape index (κ3) is 1.54. The van der Waals surface area contributed by atoms with E-state index in [-0.39, 0.29) is 34.0 Å². The molecule has 23 heavy (non-hydrogen) atoms. The Kier molecular flexibility index (Phi) is 2.13. The van der Waals surface area contributed by atoms with Crippen LogP contribution < -0.4 is 19.0 Å². The van der Waals surface area contributed by atoms with Gasteiger partial charge in [0.15, 0.2) is 17.3 Å². The minimum Gasteiger partial charge on any atom is -0.502 e. The third-order valence-electron chi connectivity index (χ3n) is 3.69. The second-order valence-electron chi connectivity index (χ2n) is 5.10. The number of benzene rings is 2. The predicted molar refractivity (Wildman–Crippen MR) is 79.1 cm³/mol. The second kappa shape index (κ2) is 3.88. The van der Waals surface area contributed by atoms with E-state index in [0.717, 1.165) is 0 Å². The fourth-order valence-corrected chi connectivity index (χ4v) is 3.98. The van der Waals surface area contributed by atoms with Gasteiger partial charge in [-0.25, -0.2) is 0 Å². The van der Waals surface area contributed by atoms with Crippen LogP contribution in [0.25, 0.3) is 22.3 Å². The summed E-state index contributed by atoms with van der Waals surface area (Å²) in [5.41, 5.74) is 0.0101. The molecule has 2 bridgehead atoms. The maximum Gasteiger partial charge on any atom is 0.647 e. The molecule has 2 aliphatic rings. The average Bonchev–Trinajstić information content (AvgIpc) is 3.05. The molecule has 0 saturated carbocycles. The number of phosphoric ester groups is 1. The molecule has 0 radical (unpaired) electrons. The molecule has 5 rings (SSSR count). The maximum absolute atomic E-state index is 12.5. The fraction of sp³-hybridized carbons (Fsp3) is 0. The van der Waals surface area contributed by atoms with Crippen molar-refractivity contribution in [1.82, 2.24) is 0 Å². The molecule has 8 heteroatoms. The lowest BCUT2D eigenvalue weighted by Gasteiger charge is -2.12. The Morgan fingerprint density at radius 2 is 1.74 bits per heavy atom. The van der Waals surface area contributed by atoms with E-state index in [1.165, 1.54) is 6.07 Å². The lowest BCUT2D eigenvalue weighted by atomic mass is 10.1. The van der Waals surface area contributed by atoms with Gasteiger partial charge < -0.3 is 23.1 Å². The largest absolute Gasteiger partial charge is 0.647 e. The van der Waals surface area contributed by atoms with Gasteiger partial charge in [0.1, 0.15) is 11.0 Å². The van der Waals surface area contributed by atoms with E-state index in [4.69, 9.17) is 18.0 Å². The molecule has 0 saturated heterocycles. The molecule has 2 aliphatic heterocycles. The molecule has 1 aromatic heterocycles. The zero-order valence-corrected chi connectivity index (χ0v) is 12.2. The Hall–Kier alpha value is -2.92. The molecule has 0 amide bonds. The summed E-state index contributed by atoms with van der Waals surface area (Å²) in [6.07, 6.45) is 0. The Bertz CT molecular complexity index is 1100. The molecular weight excluding hydrogens is 323 g/mol. The number of phosphoric acid groups is 1. The van der Waals surface area contributed by atoms with Gasteiger partial charge in [-0.05, 0) is 0 Å². The van der Waals surface area contributed by atoms with Crippen LogP contribution >= 0.6 is 7.82 Å². The van der Waals surface area contributed by atoms with Crippen LogP contribution in [0.4, 0.5) is 0 Å². The molecule has 1 N–H and O–H groups in total. The van der Waals surface area contributed by atoms with Crippen LogP contribution in [0.2, 0.25) is 0 Å². The Morgan fingerprint density at radius 3 is 2.48 bits per heavy atom. The van der Waals surface area contributed by atoms with Crippen LogP contribution in [0.3, 0.4) is 0 Å². The van der Waals surface area contributed by atoms with Crippen molar-refractivity contribution in [2.75, 3.05) is 0 Å². The Morgan fingerprint density at radius 1 is 1.00 bits per heavy atom. The highest BCUT2D eigenvalue weighted by Crippen LogP contribution is 2.70. The first kappa shape index (κ1) is 12.6. The first-order valence-corrected chi connectivity index (χ1v) is 8.13. The molecule has 114 valence electrons. The SMILES string of the molecule is O=c1c(O)c(-c2ccccc2)oc2cc3c4c(c12)OP(=O)(O3)O4. The molecule has 2 aromatic carbocycles. The van der Waals surface area contributed by atoms with E-state index >= 15 is 0 Å². The Balaban J connectivity index is 1.88. The van der Waals surface area contributed by atoms with Gasteiger partial charge in [-0.2, -0.15) is 4.57 Å². The van der Waals surface area contributed by atoms with Crippen LogP contribution in [0.5, 0.6) is 23.0 Å². The lowest BCUT2D eigenvalue weighted by molar-refractivity contribution is 0.355. The van der Waals surface area contributed by atoms with Gasteiger partial charge in [0.05, 0.1) is 0 Å². The normalized spacial score (nSPS) is 20.2. The number of fused-ring (bicyclic) bond motifs is 3. The summed E-state index contributed by atoms with van der Waals surface area (Å²) in [7, 11) is -3.72. The van der Waals surface area contributed by atoms with E-state index in [9.17, 15) is 14.5 Å². The monoisotopic (exact) mass is 330 g/mol. The van der Waals surface area contributed by atoms with Gasteiger partial charge in [0.2, 0.25) is 16.9 Å². The minimum atomic E-state index is -3.72. The summed E-state index contributed by atoms with van der Waals surface area (Å²) in [6, 6.07) is 10.1. The van der Waals surface area contributed by atoms with Crippen LogP contribution in [0.1, 0.15) is 0 Å².